The molecule has 2 rings (SSSR count). The zero-order valence-electron chi connectivity index (χ0n) is 17.1. The van der Waals surface area contributed by atoms with E-state index in [1.165, 1.54) is 16.7 Å². The van der Waals surface area contributed by atoms with E-state index in [0.29, 0.717) is 25.5 Å². The van der Waals surface area contributed by atoms with Crippen LogP contribution >= 0.6 is 0 Å². The van der Waals surface area contributed by atoms with Crippen LogP contribution in [0, 0.1) is 11.8 Å². The topological polar surface area (TPSA) is 55.4 Å². The highest BCUT2D eigenvalue weighted by atomic mass is 16.5. The number of hydrogen-bond donors (Lipinski definition) is 1. The highest BCUT2D eigenvalue weighted by Crippen LogP contribution is 2.19. The first-order valence-corrected chi connectivity index (χ1v) is 10.1. The van der Waals surface area contributed by atoms with E-state index in [1.54, 1.807) is 6.92 Å². The van der Waals surface area contributed by atoms with Gasteiger partial charge in [-0.05, 0) is 42.4 Å². The molecule has 0 aliphatic heterocycles. The average Bonchev–Trinajstić information content (AvgIpc) is 2.68. The Kier molecular flexibility index (Phi) is 8.73. The zero-order valence-corrected chi connectivity index (χ0v) is 17.1. The Bertz CT molecular complexity index is 738. The molecule has 0 aliphatic rings. The van der Waals surface area contributed by atoms with Gasteiger partial charge in [-0.2, -0.15) is 0 Å². The number of ether oxygens (including phenoxy) is 1. The molecule has 4 nitrogen and oxygen atoms in total. The van der Waals surface area contributed by atoms with Crippen LogP contribution in [0.3, 0.4) is 0 Å². The number of amides is 1. The fourth-order valence-corrected chi connectivity index (χ4v) is 3.24. The Morgan fingerprint density at radius 1 is 0.964 bits per heavy atom. The van der Waals surface area contributed by atoms with E-state index in [0.717, 1.165) is 6.42 Å². The van der Waals surface area contributed by atoms with Crippen molar-refractivity contribution in [3.05, 3.63) is 60.2 Å². The second-order valence-electron chi connectivity index (χ2n) is 7.44. The van der Waals surface area contributed by atoms with Gasteiger partial charge in [-0.25, -0.2) is 0 Å². The van der Waals surface area contributed by atoms with Crippen molar-refractivity contribution in [1.82, 2.24) is 5.32 Å². The predicted octanol–water partition coefficient (Wildman–Crippen LogP) is 4.63. The van der Waals surface area contributed by atoms with Gasteiger partial charge in [0.25, 0.3) is 0 Å². The molecule has 150 valence electrons. The number of esters is 1. The molecule has 28 heavy (non-hydrogen) atoms. The Labute approximate surface area is 168 Å². The molecule has 0 saturated heterocycles. The van der Waals surface area contributed by atoms with Gasteiger partial charge in [0, 0.05) is 12.5 Å². The van der Waals surface area contributed by atoms with E-state index < -0.39 is 0 Å². The minimum atomic E-state index is -0.334. The molecule has 1 atom stereocenters. The quantitative estimate of drug-likeness (QED) is 0.611. The molecule has 1 unspecified atom stereocenters. The lowest BCUT2D eigenvalue weighted by Crippen LogP contribution is -2.34. The molecule has 0 heterocycles. The summed E-state index contributed by atoms with van der Waals surface area (Å²) in [4.78, 5) is 24.3. The lowest BCUT2D eigenvalue weighted by Gasteiger charge is -2.18. The van der Waals surface area contributed by atoms with Gasteiger partial charge >= 0.3 is 5.97 Å². The fourth-order valence-electron chi connectivity index (χ4n) is 3.24. The summed E-state index contributed by atoms with van der Waals surface area (Å²) in [5.74, 6) is -0.363. The van der Waals surface area contributed by atoms with Crippen molar-refractivity contribution < 1.29 is 14.3 Å². The minimum Gasteiger partial charge on any atom is -0.466 e. The molecule has 1 N–H and O–H groups in total. The van der Waals surface area contributed by atoms with Gasteiger partial charge in [-0.3, -0.25) is 9.59 Å². The Hall–Kier alpha value is -2.62. The summed E-state index contributed by atoms with van der Waals surface area (Å²) in [6.45, 7) is 6.78. The zero-order chi connectivity index (χ0) is 20.4. The maximum atomic E-state index is 12.5. The third-order valence-corrected chi connectivity index (χ3v) is 4.62. The summed E-state index contributed by atoms with van der Waals surface area (Å²) in [5, 5.41) is 2.98. The first-order chi connectivity index (χ1) is 13.5. The van der Waals surface area contributed by atoms with Crippen LogP contribution in [0.1, 0.15) is 39.2 Å². The predicted molar refractivity (Wildman–Crippen MR) is 113 cm³/mol. The molecule has 2 aromatic carbocycles. The highest BCUT2D eigenvalue weighted by Gasteiger charge is 2.23. The first kappa shape index (κ1) is 21.7. The summed E-state index contributed by atoms with van der Waals surface area (Å²) in [6, 6.07) is 18.7. The van der Waals surface area contributed by atoms with E-state index in [1.807, 2.05) is 18.2 Å². The monoisotopic (exact) mass is 381 g/mol. The second kappa shape index (κ2) is 11.3. The van der Waals surface area contributed by atoms with Gasteiger partial charge in [0.05, 0.1) is 13.0 Å². The number of benzene rings is 2. The van der Waals surface area contributed by atoms with E-state index in [4.69, 9.17) is 4.74 Å². The molecular weight excluding hydrogens is 350 g/mol. The molecular formula is C24H31NO3. The molecule has 4 heteroatoms. The van der Waals surface area contributed by atoms with Crippen LogP contribution in [-0.2, 0) is 20.7 Å². The molecule has 2 aromatic rings. The summed E-state index contributed by atoms with van der Waals surface area (Å²) in [7, 11) is 0. The lowest BCUT2D eigenvalue weighted by molar-refractivity contribution is -0.146. The highest BCUT2D eigenvalue weighted by molar-refractivity contribution is 5.83. The SMILES string of the molecule is CCOC(=O)CC(CC(C)C)C(=O)NCCc1ccc(-c2ccccc2)cc1. The van der Waals surface area contributed by atoms with Crippen LogP contribution < -0.4 is 5.32 Å². The summed E-state index contributed by atoms with van der Waals surface area (Å²) in [5.41, 5.74) is 3.54. The molecule has 0 bridgehead atoms. The molecule has 0 aliphatic carbocycles. The van der Waals surface area contributed by atoms with Crippen LogP contribution in [0.25, 0.3) is 11.1 Å². The third kappa shape index (κ3) is 7.18. The van der Waals surface area contributed by atoms with Crippen molar-refractivity contribution >= 4 is 11.9 Å². The normalized spacial score (nSPS) is 11.9. The standard InChI is InChI=1S/C24H31NO3/c1-4-28-23(26)17-22(16-18(2)3)24(27)25-15-14-19-10-12-21(13-11-19)20-8-6-5-7-9-20/h5-13,18,22H,4,14-17H2,1-3H3,(H,25,27). The number of nitrogens with one attached hydrogen (secondary N) is 1. The lowest BCUT2D eigenvalue weighted by atomic mass is 9.93. The van der Waals surface area contributed by atoms with E-state index in [2.05, 4.69) is 55.6 Å². The van der Waals surface area contributed by atoms with Gasteiger partial charge in [-0.15, -0.1) is 0 Å². The van der Waals surface area contributed by atoms with Crippen molar-refractivity contribution in [1.29, 1.82) is 0 Å². The fraction of sp³-hybridized carbons (Fsp3) is 0.417. The van der Waals surface area contributed by atoms with Gasteiger partial charge < -0.3 is 10.1 Å². The third-order valence-electron chi connectivity index (χ3n) is 4.62. The van der Waals surface area contributed by atoms with Gasteiger partial charge in [-0.1, -0.05) is 68.4 Å². The maximum Gasteiger partial charge on any atom is 0.306 e. The number of carbonyl (C=O) groups excluding carboxylic acids is 2. The van der Waals surface area contributed by atoms with Gasteiger partial charge in [0.2, 0.25) is 5.91 Å². The summed E-state index contributed by atoms with van der Waals surface area (Å²) < 4.78 is 5.01. The van der Waals surface area contributed by atoms with Crippen molar-refractivity contribution in [3.8, 4) is 11.1 Å². The van der Waals surface area contributed by atoms with Crippen molar-refractivity contribution in [2.24, 2.45) is 11.8 Å². The van der Waals surface area contributed by atoms with Crippen LogP contribution in [0.5, 0.6) is 0 Å². The molecule has 0 spiro atoms. The smallest absolute Gasteiger partial charge is 0.306 e. The first-order valence-electron chi connectivity index (χ1n) is 10.1. The minimum absolute atomic E-state index is 0.0670. The van der Waals surface area contributed by atoms with E-state index in [-0.39, 0.29) is 24.2 Å². The largest absolute Gasteiger partial charge is 0.466 e. The number of rotatable bonds is 10. The Morgan fingerprint density at radius 2 is 1.61 bits per heavy atom. The van der Waals surface area contributed by atoms with E-state index in [9.17, 15) is 9.59 Å². The van der Waals surface area contributed by atoms with Crippen molar-refractivity contribution in [3.63, 3.8) is 0 Å². The number of hydrogen-bond acceptors (Lipinski definition) is 3. The van der Waals surface area contributed by atoms with E-state index >= 15 is 0 Å². The molecule has 0 radical (unpaired) electrons. The van der Waals surface area contributed by atoms with Crippen LogP contribution in [0.4, 0.5) is 0 Å². The van der Waals surface area contributed by atoms with Crippen LogP contribution in [0.2, 0.25) is 0 Å². The van der Waals surface area contributed by atoms with Crippen LogP contribution in [0.15, 0.2) is 54.6 Å². The summed E-state index contributed by atoms with van der Waals surface area (Å²) >= 11 is 0. The van der Waals surface area contributed by atoms with Crippen molar-refractivity contribution in [2.45, 2.75) is 40.0 Å². The van der Waals surface area contributed by atoms with Gasteiger partial charge in [0.1, 0.15) is 0 Å². The Balaban J connectivity index is 1.86. The van der Waals surface area contributed by atoms with Crippen LogP contribution in [-0.4, -0.2) is 25.0 Å². The molecule has 0 saturated carbocycles. The molecule has 0 fully saturated rings. The molecule has 1 amide bonds. The molecule has 0 aromatic heterocycles. The second-order valence-corrected chi connectivity index (χ2v) is 7.44. The average molecular weight is 382 g/mol. The van der Waals surface area contributed by atoms with Crippen molar-refractivity contribution in [2.75, 3.05) is 13.2 Å². The van der Waals surface area contributed by atoms with Gasteiger partial charge in [0.15, 0.2) is 0 Å². The number of carbonyl (C=O) groups is 2. The Morgan fingerprint density at radius 3 is 2.21 bits per heavy atom. The summed E-state index contributed by atoms with van der Waals surface area (Å²) in [6.07, 6.45) is 1.58. The maximum absolute atomic E-state index is 12.5.